The van der Waals surface area contributed by atoms with Gasteiger partial charge >= 0.3 is 0 Å². The summed E-state index contributed by atoms with van der Waals surface area (Å²) in [5, 5.41) is 3.17. The Bertz CT molecular complexity index is 413. The summed E-state index contributed by atoms with van der Waals surface area (Å²) in [6.45, 7) is 3.74. The van der Waals surface area contributed by atoms with E-state index in [4.69, 9.17) is 4.42 Å². The molecule has 5 nitrogen and oxygen atoms in total. The second-order valence-electron chi connectivity index (χ2n) is 3.60. The Morgan fingerprint density at radius 2 is 2.40 bits per heavy atom. The number of hydrogen-bond donors (Lipinski definition) is 1. The molecule has 1 N–H and O–H groups in total. The van der Waals surface area contributed by atoms with Gasteiger partial charge in [-0.3, -0.25) is 0 Å². The number of rotatable bonds is 2. The Morgan fingerprint density at radius 3 is 3.00 bits per heavy atom. The van der Waals surface area contributed by atoms with Crippen molar-refractivity contribution in [2.24, 2.45) is 0 Å². The first-order valence-corrected chi connectivity index (χ1v) is 6.32. The Balaban J connectivity index is 2.29. The Morgan fingerprint density at radius 1 is 1.60 bits per heavy atom. The van der Waals surface area contributed by atoms with E-state index in [9.17, 15) is 8.42 Å². The molecule has 1 atom stereocenters. The molecule has 84 valence electrons. The van der Waals surface area contributed by atoms with Gasteiger partial charge in [0.15, 0.2) is 0 Å². The molecule has 0 aromatic carbocycles. The fraction of sp³-hybridized carbons (Fsp3) is 0.556. The van der Waals surface area contributed by atoms with Crippen LogP contribution in [0.4, 0.5) is 0 Å². The Kier molecular flexibility index (Phi) is 2.81. The highest BCUT2D eigenvalue weighted by molar-refractivity contribution is 7.89. The van der Waals surface area contributed by atoms with Gasteiger partial charge in [-0.15, -0.1) is 0 Å². The average molecular weight is 230 g/mol. The van der Waals surface area contributed by atoms with Crippen molar-refractivity contribution < 1.29 is 12.8 Å². The lowest BCUT2D eigenvalue weighted by Gasteiger charge is -2.31. The van der Waals surface area contributed by atoms with Crippen molar-refractivity contribution in [3.63, 3.8) is 0 Å². The lowest BCUT2D eigenvalue weighted by Crippen LogP contribution is -2.51. The van der Waals surface area contributed by atoms with Crippen LogP contribution in [-0.4, -0.2) is 38.4 Å². The molecule has 1 aliphatic rings. The largest absolute Gasteiger partial charge is 0.452 e. The van der Waals surface area contributed by atoms with E-state index in [0.717, 1.165) is 0 Å². The number of nitrogens with one attached hydrogen (secondary N) is 1. The average Bonchev–Trinajstić information content (AvgIpc) is 2.71. The van der Waals surface area contributed by atoms with Crippen molar-refractivity contribution in [2.75, 3.05) is 19.6 Å². The fourth-order valence-electron chi connectivity index (χ4n) is 1.71. The summed E-state index contributed by atoms with van der Waals surface area (Å²) in [5.74, 6) is 0. The van der Waals surface area contributed by atoms with Crippen LogP contribution in [0.3, 0.4) is 0 Å². The van der Waals surface area contributed by atoms with Crippen molar-refractivity contribution in [3.05, 3.63) is 18.4 Å². The van der Waals surface area contributed by atoms with Crippen LogP contribution in [-0.2, 0) is 10.0 Å². The summed E-state index contributed by atoms with van der Waals surface area (Å²) >= 11 is 0. The minimum atomic E-state index is -3.44. The topological polar surface area (TPSA) is 62.6 Å². The second-order valence-corrected chi connectivity index (χ2v) is 5.42. The van der Waals surface area contributed by atoms with E-state index in [0.29, 0.717) is 19.6 Å². The standard InChI is InChI=1S/C9H14N2O3S/c1-8-7-10-4-5-11(8)15(12,13)9-3-2-6-14-9/h2-3,6,8,10H,4-5,7H2,1H3. The lowest BCUT2D eigenvalue weighted by molar-refractivity contribution is 0.276. The molecule has 0 saturated carbocycles. The smallest absolute Gasteiger partial charge is 0.276 e. The van der Waals surface area contributed by atoms with E-state index in [1.165, 1.54) is 16.6 Å². The minimum Gasteiger partial charge on any atom is -0.452 e. The molecular weight excluding hydrogens is 216 g/mol. The molecular formula is C9H14N2O3S. The van der Waals surface area contributed by atoms with Crippen LogP contribution in [0.1, 0.15) is 6.92 Å². The summed E-state index contributed by atoms with van der Waals surface area (Å²) in [6.07, 6.45) is 1.37. The number of sulfonamides is 1. The highest BCUT2D eigenvalue weighted by Crippen LogP contribution is 2.19. The lowest BCUT2D eigenvalue weighted by atomic mass is 10.3. The number of furan rings is 1. The van der Waals surface area contributed by atoms with Gasteiger partial charge in [0.1, 0.15) is 0 Å². The molecule has 2 rings (SSSR count). The van der Waals surface area contributed by atoms with E-state index >= 15 is 0 Å². The first kappa shape index (κ1) is 10.7. The van der Waals surface area contributed by atoms with Crippen molar-refractivity contribution >= 4 is 10.0 Å². The van der Waals surface area contributed by atoms with Gasteiger partial charge in [-0.25, -0.2) is 8.42 Å². The van der Waals surface area contributed by atoms with Crippen LogP contribution in [0.2, 0.25) is 0 Å². The monoisotopic (exact) mass is 230 g/mol. The zero-order valence-electron chi connectivity index (χ0n) is 8.51. The van der Waals surface area contributed by atoms with Gasteiger partial charge in [-0.05, 0) is 19.1 Å². The quantitative estimate of drug-likeness (QED) is 0.791. The van der Waals surface area contributed by atoms with Gasteiger partial charge in [-0.1, -0.05) is 0 Å². The SMILES string of the molecule is CC1CNCCN1S(=O)(=O)c1ccco1. The normalized spacial score (nSPS) is 24.2. The molecule has 0 amide bonds. The highest BCUT2D eigenvalue weighted by Gasteiger charge is 2.32. The third-order valence-electron chi connectivity index (χ3n) is 2.50. The third-order valence-corrected chi connectivity index (χ3v) is 4.40. The van der Waals surface area contributed by atoms with Crippen LogP contribution in [0.5, 0.6) is 0 Å². The fourth-order valence-corrected chi connectivity index (χ4v) is 3.24. The van der Waals surface area contributed by atoms with Crippen LogP contribution in [0.25, 0.3) is 0 Å². The first-order valence-electron chi connectivity index (χ1n) is 4.88. The number of piperazine rings is 1. The maximum atomic E-state index is 12.1. The van der Waals surface area contributed by atoms with Gasteiger partial charge in [0.05, 0.1) is 6.26 Å². The van der Waals surface area contributed by atoms with Gasteiger partial charge < -0.3 is 9.73 Å². The van der Waals surface area contributed by atoms with Gasteiger partial charge in [0, 0.05) is 25.7 Å². The molecule has 2 heterocycles. The molecule has 0 bridgehead atoms. The third kappa shape index (κ3) is 1.92. The predicted molar refractivity (Wildman–Crippen MR) is 54.9 cm³/mol. The summed E-state index contributed by atoms with van der Waals surface area (Å²) in [7, 11) is -3.44. The molecule has 1 aliphatic heterocycles. The summed E-state index contributed by atoms with van der Waals surface area (Å²) in [6, 6.07) is 3.03. The summed E-state index contributed by atoms with van der Waals surface area (Å²) < 4.78 is 30.6. The van der Waals surface area contributed by atoms with E-state index in [1.54, 1.807) is 6.07 Å². The van der Waals surface area contributed by atoms with Crippen molar-refractivity contribution in [3.8, 4) is 0 Å². The van der Waals surface area contributed by atoms with E-state index in [2.05, 4.69) is 5.32 Å². The maximum absolute atomic E-state index is 12.1. The second kappa shape index (κ2) is 3.96. The zero-order chi connectivity index (χ0) is 10.9. The molecule has 15 heavy (non-hydrogen) atoms. The van der Waals surface area contributed by atoms with E-state index < -0.39 is 10.0 Å². The Labute approximate surface area is 89.1 Å². The van der Waals surface area contributed by atoms with Crippen molar-refractivity contribution in [1.29, 1.82) is 0 Å². The molecule has 1 aromatic heterocycles. The molecule has 1 aromatic rings. The Hall–Kier alpha value is -0.850. The summed E-state index contributed by atoms with van der Waals surface area (Å²) in [4.78, 5) is 0. The number of hydrogen-bond acceptors (Lipinski definition) is 4. The maximum Gasteiger partial charge on any atom is 0.276 e. The molecule has 1 fully saturated rings. The van der Waals surface area contributed by atoms with E-state index in [-0.39, 0.29) is 11.1 Å². The van der Waals surface area contributed by atoms with Crippen molar-refractivity contribution in [1.82, 2.24) is 9.62 Å². The van der Waals surface area contributed by atoms with Gasteiger partial charge in [0.25, 0.3) is 10.0 Å². The molecule has 1 saturated heterocycles. The van der Waals surface area contributed by atoms with Crippen LogP contribution < -0.4 is 5.32 Å². The van der Waals surface area contributed by atoms with Crippen LogP contribution in [0, 0.1) is 0 Å². The molecule has 0 spiro atoms. The molecule has 0 aliphatic carbocycles. The van der Waals surface area contributed by atoms with Crippen LogP contribution in [0.15, 0.2) is 27.9 Å². The number of nitrogens with zero attached hydrogens (tertiary/aromatic N) is 1. The minimum absolute atomic E-state index is 0.0243. The van der Waals surface area contributed by atoms with Gasteiger partial charge in [0.2, 0.25) is 5.09 Å². The molecule has 0 radical (unpaired) electrons. The molecule has 6 heteroatoms. The molecule has 1 unspecified atom stereocenters. The first-order chi connectivity index (χ1) is 7.12. The zero-order valence-corrected chi connectivity index (χ0v) is 9.33. The summed E-state index contributed by atoms with van der Waals surface area (Å²) in [5.41, 5.74) is 0. The predicted octanol–water partition coefficient (Wildman–Crippen LogP) is 0.262. The highest BCUT2D eigenvalue weighted by atomic mass is 32.2. The van der Waals surface area contributed by atoms with Crippen LogP contribution >= 0.6 is 0 Å². The van der Waals surface area contributed by atoms with Gasteiger partial charge in [-0.2, -0.15) is 4.31 Å². The van der Waals surface area contributed by atoms with E-state index in [1.807, 2.05) is 6.92 Å². The van der Waals surface area contributed by atoms with Crippen molar-refractivity contribution in [2.45, 2.75) is 18.1 Å².